The lowest BCUT2D eigenvalue weighted by molar-refractivity contribution is 0.0939. The first kappa shape index (κ1) is 25.8. The molecule has 0 bridgehead atoms. The van der Waals surface area contributed by atoms with Crippen LogP contribution in [0.4, 0.5) is 10.5 Å². The van der Waals surface area contributed by atoms with E-state index in [0.29, 0.717) is 58.0 Å². The maximum atomic E-state index is 12.8. The number of urea groups is 1. The van der Waals surface area contributed by atoms with Gasteiger partial charge >= 0.3 is 6.03 Å². The number of halogens is 1. The molecule has 32 heavy (non-hydrogen) atoms. The zero-order valence-corrected chi connectivity index (χ0v) is 20.2. The molecular weight excluding hydrogens is 480 g/mol. The van der Waals surface area contributed by atoms with Crippen LogP contribution in [0.15, 0.2) is 39.4 Å². The molecule has 1 aromatic heterocycles. The van der Waals surface area contributed by atoms with Gasteiger partial charge in [0.15, 0.2) is 5.69 Å². The van der Waals surface area contributed by atoms with Crippen molar-refractivity contribution >= 4 is 33.6 Å². The zero-order chi connectivity index (χ0) is 23.2. The monoisotopic (exact) mass is 510 g/mol. The number of carbonyl (C=O) groups is 2. The lowest BCUT2D eigenvalue weighted by atomic mass is 10.3. The number of carbonyl (C=O) groups excluding carboxylic acids is 2. The first-order valence-electron chi connectivity index (χ1n) is 10.7. The quantitative estimate of drug-likeness (QED) is 0.371. The fourth-order valence-corrected chi connectivity index (χ4v) is 3.02. The number of benzene rings is 1. The van der Waals surface area contributed by atoms with Crippen LogP contribution >= 0.6 is 15.9 Å². The molecule has 9 nitrogen and oxygen atoms in total. The number of oxazole rings is 1. The number of ether oxygens (including phenoxy) is 2. The van der Waals surface area contributed by atoms with E-state index in [4.69, 9.17) is 13.9 Å². The highest BCUT2D eigenvalue weighted by molar-refractivity contribution is 9.10. The third-order valence-corrected chi connectivity index (χ3v) is 4.90. The lowest BCUT2D eigenvalue weighted by Gasteiger charge is -2.21. The van der Waals surface area contributed by atoms with Crippen molar-refractivity contribution in [2.24, 2.45) is 0 Å². The second-order valence-corrected chi connectivity index (χ2v) is 7.76. The Morgan fingerprint density at radius 1 is 1.09 bits per heavy atom. The van der Waals surface area contributed by atoms with Crippen LogP contribution in [0.25, 0.3) is 0 Å². The van der Waals surface area contributed by atoms with Crippen LogP contribution in [0.2, 0.25) is 0 Å². The first-order valence-corrected chi connectivity index (χ1v) is 11.5. The summed E-state index contributed by atoms with van der Waals surface area (Å²) in [5.41, 5.74) is 0.853. The highest BCUT2D eigenvalue weighted by Crippen LogP contribution is 2.15. The molecule has 0 atom stereocenters. The predicted octanol–water partition coefficient (Wildman–Crippen LogP) is 4.05. The van der Waals surface area contributed by atoms with Gasteiger partial charge in [0.2, 0.25) is 5.89 Å². The van der Waals surface area contributed by atoms with Crippen molar-refractivity contribution in [1.29, 1.82) is 0 Å². The summed E-state index contributed by atoms with van der Waals surface area (Å²) >= 11 is 3.38. The summed E-state index contributed by atoms with van der Waals surface area (Å²) in [7, 11) is 0. The van der Waals surface area contributed by atoms with E-state index in [1.165, 1.54) is 6.26 Å². The number of aromatic nitrogens is 1. The Labute approximate surface area is 197 Å². The molecule has 3 amide bonds. The van der Waals surface area contributed by atoms with E-state index in [1.54, 1.807) is 17.0 Å². The smallest absolute Gasteiger partial charge is 0.322 e. The molecule has 0 saturated heterocycles. The minimum Gasteiger partial charge on any atom is -0.446 e. The highest BCUT2D eigenvalue weighted by atomic mass is 79.9. The van der Waals surface area contributed by atoms with E-state index in [1.807, 2.05) is 26.0 Å². The molecule has 0 unspecified atom stereocenters. The van der Waals surface area contributed by atoms with E-state index in [2.05, 4.69) is 31.5 Å². The number of amides is 3. The van der Waals surface area contributed by atoms with Gasteiger partial charge in [-0.3, -0.25) is 4.79 Å². The molecular formula is C22H31BrN4O5. The van der Waals surface area contributed by atoms with E-state index >= 15 is 0 Å². The van der Waals surface area contributed by atoms with Gasteiger partial charge in [0.25, 0.3) is 5.91 Å². The Hall–Kier alpha value is -2.43. The second kappa shape index (κ2) is 14.6. The minimum atomic E-state index is -0.321. The van der Waals surface area contributed by atoms with Gasteiger partial charge in [0.1, 0.15) is 6.26 Å². The summed E-state index contributed by atoms with van der Waals surface area (Å²) in [4.78, 5) is 30.9. The van der Waals surface area contributed by atoms with E-state index in [0.717, 1.165) is 4.47 Å². The molecule has 0 radical (unpaired) electrons. The molecule has 10 heteroatoms. The van der Waals surface area contributed by atoms with Gasteiger partial charge in [-0.2, -0.15) is 0 Å². The zero-order valence-electron chi connectivity index (χ0n) is 18.6. The Balaban J connectivity index is 1.95. The average Bonchev–Trinajstić information content (AvgIpc) is 3.26. The number of nitrogens with zero attached hydrogens (tertiary/aromatic N) is 2. The van der Waals surface area contributed by atoms with Crippen LogP contribution in [0.5, 0.6) is 0 Å². The number of hydrogen-bond acceptors (Lipinski definition) is 6. The molecule has 0 spiro atoms. The molecule has 0 aliphatic heterocycles. The number of nitrogens with one attached hydrogen (secondary N) is 2. The van der Waals surface area contributed by atoms with Gasteiger partial charge < -0.3 is 29.4 Å². The van der Waals surface area contributed by atoms with Crippen molar-refractivity contribution in [3.63, 3.8) is 0 Å². The molecule has 2 N–H and O–H groups in total. The van der Waals surface area contributed by atoms with Crippen LogP contribution in [0, 0.1) is 0 Å². The summed E-state index contributed by atoms with van der Waals surface area (Å²) in [6, 6.07) is 7.02. The number of anilines is 1. The topological polar surface area (TPSA) is 106 Å². The maximum Gasteiger partial charge on any atom is 0.322 e. The lowest BCUT2D eigenvalue weighted by Crippen LogP contribution is -2.36. The average molecular weight is 511 g/mol. The maximum absolute atomic E-state index is 12.8. The fourth-order valence-electron chi connectivity index (χ4n) is 2.75. The normalized spacial score (nSPS) is 10.7. The van der Waals surface area contributed by atoms with Crippen LogP contribution in [0.3, 0.4) is 0 Å². The van der Waals surface area contributed by atoms with Crippen LogP contribution in [-0.4, -0.2) is 61.3 Å². The molecule has 0 fully saturated rings. The van der Waals surface area contributed by atoms with Crippen molar-refractivity contribution < 1.29 is 23.5 Å². The summed E-state index contributed by atoms with van der Waals surface area (Å²) in [6.07, 6.45) is 2.68. The third-order valence-electron chi connectivity index (χ3n) is 4.37. The van der Waals surface area contributed by atoms with Gasteiger partial charge in [-0.05, 0) is 51.0 Å². The van der Waals surface area contributed by atoms with Crippen LogP contribution in [-0.2, 0) is 16.0 Å². The van der Waals surface area contributed by atoms with Crippen molar-refractivity contribution in [1.82, 2.24) is 15.2 Å². The molecule has 2 aromatic rings. The minimum absolute atomic E-state index is 0.131. The molecule has 1 aromatic carbocycles. The van der Waals surface area contributed by atoms with Gasteiger partial charge in [0.05, 0.1) is 6.54 Å². The van der Waals surface area contributed by atoms with Gasteiger partial charge in [-0.25, -0.2) is 9.78 Å². The van der Waals surface area contributed by atoms with Gasteiger partial charge in [0, 0.05) is 49.7 Å². The number of hydrogen-bond donors (Lipinski definition) is 2. The SMILES string of the molecule is CCOCCCNC(=O)c1coc(CN(CCCOCC)C(=O)Nc2ccc(Br)cc2)n1. The largest absolute Gasteiger partial charge is 0.446 e. The molecule has 1 heterocycles. The Morgan fingerprint density at radius 3 is 2.47 bits per heavy atom. The van der Waals surface area contributed by atoms with Crippen molar-refractivity contribution in [2.75, 3.05) is 44.8 Å². The Morgan fingerprint density at radius 2 is 1.78 bits per heavy atom. The molecule has 0 saturated carbocycles. The summed E-state index contributed by atoms with van der Waals surface area (Å²) < 4.78 is 17.0. The Bertz CT molecular complexity index is 828. The van der Waals surface area contributed by atoms with Gasteiger partial charge in [-0.15, -0.1) is 0 Å². The van der Waals surface area contributed by atoms with Gasteiger partial charge in [-0.1, -0.05) is 15.9 Å². The predicted molar refractivity (Wildman–Crippen MR) is 125 cm³/mol. The van der Waals surface area contributed by atoms with Crippen molar-refractivity contribution in [2.45, 2.75) is 33.2 Å². The van der Waals surface area contributed by atoms with Crippen molar-refractivity contribution in [3.8, 4) is 0 Å². The highest BCUT2D eigenvalue weighted by Gasteiger charge is 2.19. The van der Waals surface area contributed by atoms with E-state index in [-0.39, 0.29) is 30.1 Å². The summed E-state index contributed by atoms with van der Waals surface area (Å²) in [5.74, 6) is -0.0365. The Kier molecular flexibility index (Phi) is 11.8. The second-order valence-electron chi connectivity index (χ2n) is 6.84. The number of rotatable bonds is 14. The molecule has 2 rings (SSSR count). The first-order chi connectivity index (χ1) is 15.5. The molecule has 0 aliphatic carbocycles. The standard InChI is InChI=1S/C22H31BrN4O5/c1-3-30-13-5-11-24-21(28)19-16-32-20(26-19)15-27(12-6-14-31-4-2)22(29)25-18-9-7-17(23)8-10-18/h7-10,16H,3-6,11-15H2,1-2H3,(H,24,28)(H,25,29). The molecule has 0 aliphatic rings. The van der Waals surface area contributed by atoms with Crippen molar-refractivity contribution in [3.05, 3.63) is 46.6 Å². The van der Waals surface area contributed by atoms with E-state index < -0.39 is 0 Å². The molecule has 176 valence electrons. The third kappa shape index (κ3) is 9.37. The summed E-state index contributed by atoms with van der Waals surface area (Å²) in [6.45, 7) is 7.31. The fraction of sp³-hybridized carbons (Fsp3) is 0.500. The van der Waals surface area contributed by atoms with Crippen LogP contribution in [0.1, 0.15) is 43.1 Å². The summed E-state index contributed by atoms with van der Waals surface area (Å²) in [5, 5.41) is 5.65. The van der Waals surface area contributed by atoms with Crippen LogP contribution < -0.4 is 10.6 Å². The van der Waals surface area contributed by atoms with E-state index in [9.17, 15) is 9.59 Å².